The Labute approximate surface area is 644 Å². The third-order valence-electron chi connectivity index (χ3n) is 17.8. The predicted octanol–water partition coefficient (Wildman–Crippen LogP) is 22.6. The summed E-state index contributed by atoms with van der Waals surface area (Å²) in [5.74, 6) is -1.14. The van der Waals surface area contributed by atoms with E-state index in [2.05, 4.69) is 103 Å². The van der Waals surface area contributed by atoms with Crippen molar-refractivity contribution in [3.63, 3.8) is 0 Å². The number of phenols is 4. The van der Waals surface area contributed by atoms with Gasteiger partial charge in [0.1, 0.15) is 23.0 Å². The summed E-state index contributed by atoms with van der Waals surface area (Å²) in [7, 11) is 0. The number of fused-ring (bicyclic) bond motifs is 6. The molecule has 0 saturated heterocycles. The molecule has 14 rings (SSSR count). The van der Waals surface area contributed by atoms with Gasteiger partial charge in [0.15, 0.2) is 0 Å². The topological polar surface area (TPSA) is 259 Å². The molecule has 6 N–H and O–H groups in total. The minimum absolute atomic E-state index is 0. The Bertz CT molecular complexity index is 4880. The van der Waals surface area contributed by atoms with Crippen molar-refractivity contribution in [2.75, 3.05) is 0 Å². The number of carboxylic acids is 2. The van der Waals surface area contributed by atoms with Gasteiger partial charge in [0.2, 0.25) is 0 Å². The summed E-state index contributed by atoms with van der Waals surface area (Å²) in [5.41, 5.74) is 16.9. The number of pyridine rings is 8. The van der Waals surface area contributed by atoms with Crippen molar-refractivity contribution in [3.8, 4) is 113 Å². The maximum atomic E-state index is 11.7. The second-order valence-corrected chi connectivity index (χ2v) is 29.8. The number of hydrogen-bond acceptors (Lipinski definition) is 14. The van der Waals surface area contributed by atoms with Crippen LogP contribution in [0.3, 0.4) is 0 Å². The van der Waals surface area contributed by atoms with E-state index in [-0.39, 0.29) is 84.0 Å². The molecular weight excluding hydrogens is 1390 g/mol. The van der Waals surface area contributed by atoms with E-state index in [1.54, 1.807) is 24.8 Å². The van der Waals surface area contributed by atoms with Crippen molar-refractivity contribution in [2.45, 2.75) is 141 Å². The SMILES string of the molecule is C.C.C.CC(=O)O.CC(=O)O.CC(C)(C)c1cc(-c2ccccn2)c(O)c(-c2ccc3ccc4ccc(-c5cc(C(C)(C)C)cc(-c6ccccn6)c5O)nc4c3n2)c1.CC(C)(C)c1cc(-c2ccccn2)c(O)c(-c2ccc3ccc4ccc(-c5cc(C(C)(C)C)cc(-c6ccccn6)c5O)nc4c3n2)c1.[Fe]. The molecule has 0 aliphatic heterocycles. The molecule has 0 radical (unpaired) electrons. The number of aliphatic carboxylic acids is 2. The van der Waals surface area contributed by atoms with Gasteiger partial charge in [-0.1, -0.05) is 178 Å². The van der Waals surface area contributed by atoms with E-state index in [0.717, 1.165) is 57.6 Å². The van der Waals surface area contributed by atoms with Crippen LogP contribution in [-0.2, 0) is 48.3 Å². The van der Waals surface area contributed by atoms with Crippen LogP contribution >= 0.6 is 0 Å². The fourth-order valence-corrected chi connectivity index (χ4v) is 12.1. The van der Waals surface area contributed by atoms with E-state index in [0.29, 0.717) is 112 Å². The first kappa shape index (κ1) is 83.5. The molecule has 0 saturated carbocycles. The van der Waals surface area contributed by atoms with E-state index < -0.39 is 11.9 Å². The van der Waals surface area contributed by atoms with Crippen LogP contribution in [0.4, 0.5) is 0 Å². The zero-order chi connectivity index (χ0) is 74.7. The van der Waals surface area contributed by atoms with Crippen LogP contribution in [-0.4, -0.2) is 82.4 Å². The van der Waals surface area contributed by atoms with Crippen molar-refractivity contribution in [3.05, 3.63) is 241 Å². The van der Waals surface area contributed by atoms with E-state index in [9.17, 15) is 20.4 Å². The first-order valence-electron chi connectivity index (χ1n) is 34.2. The molecule has 108 heavy (non-hydrogen) atoms. The first-order valence-corrected chi connectivity index (χ1v) is 34.2. The van der Waals surface area contributed by atoms with Gasteiger partial charge in [-0.15, -0.1) is 0 Å². The molecule has 8 heterocycles. The number of carboxylic acid groups (broad SMARTS) is 2. The summed E-state index contributed by atoms with van der Waals surface area (Å²) in [6.07, 6.45) is 6.93. The smallest absolute Gasteiger partial charge is 0.300 e. The molecule has 0 bridgehead atoms. The molecule has 14 aromatic rings. The van der Waals surface area contributed by atoms with E-state index in [1.807, 2.05) is 194 Å². The first-order chi connectivity index (χ1) is 49.2. The van der Waals surface area contributed by atoms with Crippen molar-refractivity contribution in [2.24, 2.45) is 0 Å². The molecule has 0 amide bonds. The standard InChI is InChI=1S/2C42H38N4O2.2C2H4O2.3CH4.Fe/c2*1-41(2,3)27-21-29(33-11-7-9-19-43-33)39(47)31(23-27)35-17-15-25-13-14-26-16-18-36(46-38(26)37(25)45-35)32-24-28(42(4,5)6)22-30(40(32)48)34-12-8-10-20-44-34;2*1-2(3)4;;;;/h2*7-24,47-48H,1-6H3;2*1H3,(H,3,4);3*1H4;. The fraction of sp³-hybridized carbons (Fsp3) is 0.231. The Hall–Kier alpha value is -11.8. The van der Waals surface area contributed by atoms with Gasteiger partial charge in [-0.25, -0.2) is 19.9 Å². The zero-order valence-corrected chi connectivity index (χ0v) is 62.3. The Kier molecular flexibility index (Phi) is 26.1. The maximum Gasteiger partial charge on any atom is 0.300 e. The van der Waals surface area contributed by atoms with E-state index in [1.165, 1.54) is 0 Å². The van der Waals surface area contributed by atoms with E-state index in [4.69, 9.17) is 39.7 Å². The summed E-state index contributed by atoms with van der Waals surface area (Å²) in [6, 6.07) is 62.9. The Morgan fingerprint density at radius 2 is 0.426 bits per heavy atom. The molecule has 0 aliphatic carbocycles. The minimum Gasteiger partial charge on any atom is -0.507 e. The number of aromatic hydroxyl groups is 4. The predicted molar refractivity (Wildman–Crippen MR) is 437 cm³/mol. The third kappa shape index (κ3) is 18.5. The number of hydrogen-bond donors (Lipinski definition) is 6. The number of carbonyl (C=O) groups is 2. The molecule has 0 aliphatic rings. The third-order valence-corrected chi connectivity index (χ3v) is 17.8. The average Bonchev–Trinajstić information content (AvgIpc) is 0.758. The average molecular weight is 1490 g/mol. The van der Waals surface area contributed by atoms with Gasteiger partial charge < -0.3 is 30.6 Å². The van der Waals surface area contributed by atoms with Gasteiger partial charge in [-0.05, 0) is 165 Å². The number of phenolic OH excluding ortho intramolecular Hbond substituents is 4. The van der Waals surface area contributed by atoms with Crippen LogP contribution in [0.2, 0.25) is 0 Å². The largest absolute Gasteiger partial charge is 0.507 e. The zero-order valence-electron chi connectivity index (χ0n) is 61.2. The van der Waals surface area contributed by atoms with Crippen LogP contribution in [0.1, 0.15) is 141 Å². The van der Waals surface area contributed by atoms with Crippen molar-refractivity contribution < 1.29 is 57.3 Å². The monoisotopic (exact) mass is 1480 g/mol. The Morgan fingerprint density at radius 3 is 0.574 bits per heavy atom. The van der Waals surface area contributed by atoms with Crippen LogP contribution in [0.5, 0.6) is 23.0 Å². The Balaban J connectivity index is 0.000000265. The second kappa shape index (κ2) is 33.8. The number of aromatic nitrogens is 8. The molecule has 0 spiro atoms. The minimum atomic E-state index is -0.833. The summed E-state index contributed by atoms with van der Waals surface area (Å²) in [6.45, 7) is 28.0. The molecule has 0 unspecified atom stereocenters. The Morgan fingerprint density at radius 1 is 0.269 bits per heavy atom. The van der Waals surface area contributed by atoms with Crippen molar-refractivity contribution in [1.82, 2.24) is 39.9 Å². The van der Waals surface area contributed by atoms with Crippen molar-refractivity contribution in [1.29, 1.82) is 0 Å². The maximum absolute atomic E-state index is 11.7. The number of rotatable bonds is 8. The number of benzene rings is 6. The van der Waals surface area contributed by atoms with Crippen LogP contribution < -0.4 is 0 Å². The van der Waals surface area contributed by atoms with Gasteiger partial charge in [0, 0.05) is 122 Å². The molecule has 556 valence electrons. The van der Waals surface area contributed by atoms with E-state index >= 15 is 0 Å². The molecule has 0 atom stereocenters. The van der Waals surface area contributed by atoms with Gasteiger partial charge >= 0.3 is 0 Å². The van der Waals surface area contributed by atoms with Crippen LogP contribution in [0.25, 0.3) is 134 Å². The van der Waals surface area contributed by atoms with Gasteiger partial charge in [0.25, 0.3) is 11.9 Å². The molecule has 6 aromatic carbocycles. The van der Waals surface area contributed by atoms with Gasteiger partial charge in [0.05, 0.1) is 67.6 Å². The second-order valence-electron chi connectivity index (χ2n) is 29.8. The van der Waals surface area contributed by atoms with Gasteiger partial charge in [-0.3, -0.25) is 29.5 Å². The number of nitrogens with zero attached hydrogens (tertiary/aromatic N) is 8. The summed E-state index contributed by atoms with van der Waals surface area (Å²) >= 11 is 0. The molecular formula is C91H96FeN8O8. The molecule has 16 nitrogen and oxygen atoms in total. The summed E-state index contributed by atoms with van der Waals surface area (Å²) in [5, 5.41) is 65.2. The van der Waals surface area contributed by atoms with Gasteiger partial charge in [-0.2, -0.15) is 0 Å². The molecule has 8 aromatic heterocycles. The van der Waals surface area contributed by atoms with Crippen molar-refractivity contribution >= 4 is 55.6 Å². The summed E-state index contributed by atoms with van der Waals surface area (Å²) < 4.78 is 0. The quantitative estimate of drug-likeness (QED) is 0.0610. The molecule has 0 fully saturated rings. The summed E-state index contributed by atoms with van der Waals surface area (Å²) in [4.78, 5) is 56.8. The normalized spacial score (nSPS) is 11.2. The van der Waals surface area contributed by atoms with Crippen LogP contribution in [0, 0.1) is 0 Å². The van der Waals surface area contributed by atoms with Crippen LogP contribution in [0.15, 0.2) is 219 Å². The fourth-order valence-electron chi connectivity index (χ4n) is 12.1. The molecule has 17 heteroatoms.